The van der Waals surface area contributed by atoms with Crippen LogP contribution in [0, 0.1) is 5.92 Å². The Morgan fingerprint density at radius 2 is 2.37 bits per heavy atom. The molecule has 19 heavy (non-hydrogen) atoms. The van der Waals surface area contributed by atoms with Gasteiger partial charge in [0.1, 0.15) is 5.69 Å². The number of carbonyl (C=O) groups excluding carboxylic acids is 2. The molecule has 0 aliphatic carbocycles. The minimum atomic E-state index is -0.189. The van der Waals surface area contributed by atoms with Crippen LogP contribution in [-0.4, -0.2) is 40.8 Å². The van der Waals surface area contributed by atoms with Gasteiger partial charge in [-0.1, -0.05) is 0 Å². The number of nitrogens with one attached hydrogen (secondary N) is 1. The summed E-state index contributed by atoms with van der Waals surface area (Å²) in [7, 11) is 0. The van der Waals surface area contributed by atoms with Crippen LogP contribution in [0.25, 0.3) is 0 Å². The number of carbonyl (C=O) groups is 2. The standard InChI is InChI=1S/C12H18N4O2S/c1-7-3-9(4-13)5-16(7)11(18)10-6-19-12(15-10)14-8(2)17/h6-7,9H,3-5,13H2,1-2H3,(H,14,15,17). The lowest BCUT2D eigenvalue weighted by molar-refractivity contribution is -0.114. The SMILES string of the molecule is CC(=O)Nc1nc(C(=O)N2CC(CN)CC2C)cs1. The molecule has 1 aliphatic rings. The number of hydrogen-bond donors (Lipinski definition) is 2. The van der Waals surface area contributed by atoms with E-state index < -0.39 is 0 Å². The predicted octanol–water partition coefficient (Wildman–Crippen LogP) is 0.911. The third-order valence-corrected chi connectivity index (χ3v) is 4.02. The van der Waals surface area contributed by atoms with E-state index in [4.69, 9.17) is 5.73 Å². The predicted molar refractivity (Wildman–Crippen MR) is 74.1 cm³/mol. The van der Waals surface area contributed by atoms with E-state index in [1.165, 1.54) is 18.3 Å². The molecule has 0 saturated carbocycles. The first-order chi connectivity index (χ1) is 9.01. The molecule has 1 aromatic heterocycles. The lowest BCUT2D eigenvalue weighted by atomic mass is 10.1. The lowest BCUT2D eigenvalue weighted by Gasteiger charge is -2.20. The van der Waals surface area contributed by atoms with Gasteiger partial charge in [-0.05, 0) is 25.8 Å². The zero-order valence-corrected chi connectivity index (χ0v) is 11.9. The minimum Gasteiger partial charge on any atom is -0.334 e. The molecule has 6 nitrogen and oxygen atoms in total. The summed E-state index contributed by atoms with van der Waals surface area (Å²) in [4.78, 5) is 29.2. The maximum absolute atomic E-state index is 12.3. The zero-order chi connectivity index (χ0) is 14.0. The highest BCUT2D eigenvalue weighted by Gasteiger charge is 2.33. The molecule has 1 aromatic rings. The fourth-order valence-corrected chi connectivity index (χ4v) is 3.05. The molecule has 0 bridgehead atoms. The number of nitrogens with zero attached hydrogens (tertiary/aromatic N) is 2. The van der Waals surface area contributed by atoms with E-state index >= 15 is 0 Å². The topological polar surface area (TPSA) is 88.3 Å². The molecule has 0 aromatic carbocycles. The normalized spacial score (nSPS) is 22.6. The summed E-state index contributed by atoms with van der Waals surface area (Å²) in [6, 6.07) is 0.187. The lowest BCUT2D eigenvalue weighted by Crippen LogP contribution is -2.34. The molecule has 2 heterocycles. The second-order valence-corrected chi connectivity index (χ2v) is 5.72. The highest BCUT2D eigenvalue weighted by molar-refractivity contribution is 7.14. The van der Waals surface area contributed by atoms with E-state index in [1.54, 1.807) is 5.38 Å². The summed E-state index contributed by atoms with van der Waals surface area (Å²) in [6.07, 6.45) is 0.935. The fourth-order valence-electron chi connectivity index (χ4n) is 2.32. The first-order valence-electron chi connectivity index (χ1n) is 6.25. The van der Waals surface area contributed by atoms with Crippen LogP contribution in [0.2, 0.25) is 0 Å². The van der Waals surface area contributed by atoms with Crippen molar-refractivity contribution in [3.8, 4) is 0 Å². The van der Waals surface area contributed by atoms with Crippen molar-refractivity contribution >= 4 is 28.3 Å². The van der Waals surface area contributed by atoms with Gasteiger partial charge in [0.15, 0.2) is 5.13 Å². The number of rotatable bonds is 3. The third kappa shape index (κ3) is 3.10. The Morgan fingerprint density at radius 3 is 2.95 bits per heavy atom. The van der Waals surface area contributed by atoms with E-state index in [2.05, 4.69) is 10.3 Å². The van der Waals surface area contributed by atoms with Crippen molar-refractivity contribution in [1.82, 2.24) is 9.88 Å². The molecule has 2 amide bonds. The Bertz CT molecular complexity index is 488. The molecule has 3 N–H and O–H groups in total. The van der Waals surface area contributed by atoms with E-state index in [0.29, 0.717) is 29.8 Å². The minimum absolute atomic E-state index is 0.0868. The smallest absolute Gasteiger partial charge is 0.273 e. The van der Waals surface area contributed by atoms with Crippen LogP contribution in [0.5, 0.6) is 0 Å². The largest absolute Gasteiger partial charge is 0.334 e. The van der Waals surface area contributed by atoms with Crippen molar-refractivity contribution in [2.24, 2.45) is 11.7 Å². The Morgan fingerprint density at radius 1 is 1.63 bits per heavy atom. The number of hydrogen-bond acceptors (Lipinski definition) is 5. The molecule has 1 saturated heterocycles. The molecular weight excluding hydrogens is 264 g/mol. The number of amides is 2. The summed E-state index contributed by atoms with van der Waals surface area (Å²) in [5.74, 6) is 0.0924. The Balaban J connectivity index is 2.07. The number of likely N-dealkylation sites (tertiary alicyclic amines) is 1. The van der Waals surface area contributed by atoms with Gasteiger partial charge in [-0.2, -0.15) is 0 Å². The van der Waals surface area contributed by atoms with Gasteiger partial charge < -0.3 is 16.0 Å². The molecule has 2 unspecified atom stereocenters. The van der Waals surface area contributed by atoms with Crippen LogP contribution in [0.3, 0.4) is 0 Å². The van der Waals surface area contributed by atoms with Gasteiger partial charge in [0, 0.05) is 24.9 Å². The molecule has 0 spiro atoms. The number of nitrogens with two attached hydrogens (primary N) is 1. The van der Waals surface area contributed by atoms with Crippen molar-refractivity contribution in [3.05, 3.63) is 11.1 Å². The molecule has 1 fully saturated rings. The Kier molecular flexibility index (Phi) is 4.16. The molecule has 2 rings (SSSR count). The average Bonchev–Trinajstić information content (AvgIpc) is 2.94. The van der Waals surface area contributed by atoms with Gasteiger partial charge >= 0.3 is 0 Å². The number of anilines is 1. The molecule has 1 aliphatic heterocycles. The first-order valence-corrected chi connectivity index (χ1v) is 7.13. The van der Waals surface area contributed by atoms with Crippen molar-refractivity contribution < 1.29 is 9.59 Å². The van der Waals surface area contributed by atoms with Crippen molar-refractivity contribution in [2.45, 2.75) is 26.3 Å². The summed E-state index contributed by atoms with van der Waals surface area (Å²) < 4.78 is 0. The highest BCUT2D eigenvalue weighted by Crippen LogP contribution is 2.25. The number of thiazole rings is 1. The van der Waals surface area contributed by atoms with Gasteiger partial charge in [0.2, 0.25) is 5.91 Å². The summed E-state index contributed by atoms with van der Waals surface area (Å²) in [6.45, 7) is 4.72. The number of aromatic nitrogens is 1. The van der Waals surface area contributed by atoms with E-state index in [1.807, 2.05) is 11.8 Å². The quantitative estimate of drug-likeness (QED) is 0.862. The molecular formula is C12H18N4O2S. The van der Waals surface area contributed by atoms with E-state index in [0.717, 1.165) is 6.42 Å². The maximum atomic E-state index is 12.3. The molecule has 104 valence electrons. The summed E-state index contributed by atoms with van der Waals surface area (Å²) in [5, 5.41) is 4.71. The first kappa shape index (κ1) is 14.0. The fraction of sp³-hybridized carbons (Fsp3) is 0.583. The van der Waals surface area contributed by atoms with E-state index in [9.17, 15) is 9.59 Å². The monoisotopic (exact) mass is 282 g/mol. The molecule has 7 heteroatoms. The van der Waals surface area contributed by atoms with E-state index in [-0.39, 0.29) is 17.9 Å². The Labute approximate surface area is 116 Å². The summed E-state index contributed by atoms with van der Waals surface area (Å²) in [5.41, 5.74) is 6.04. The van der Waals surface area contributed by atoms with Crippen LogP contribution in [0.1, 0.15) is 30.8 Å². The second-order valence-electron chi connectivity index (χ2n) is 4.86. The van der Waals surface area contributed by atoms with Crippen molar-refractivity contribution in [1.29, 1.82) is 0 Å². The van der Waals surface area contributed by atoms with Crippen molar-refractivity contribution in [3.63, 3.8) is 0 Å². The van der Waals surface area contributed by atoms with Gasteiger partial charge in [-0.3, -0.25) is 9.59 Å². The van der Waals surface area contributed by atoms with Crippen LogP contribution in [0.4, 0.5) is 5.13 Å². The summed E-state index contributed by atoms with van der Waals surface area (Å²) >= 11 is 1.26. The van der Waals surface area contributed by atoms with Gasteiger partial charge in [-0.25, -0.2) is 4.98 Å². The van der Waals surface area contributed by atoms with Crippen molar-refractivity contribution in [2.75, 3.05) is 18.4 Å². The third-order valence-electron chi connectivity index (χ3n) is 3.26. The van der Waals surface area contributed by atoms with Crippen LogP contribution in [-0.2, 0) is 4.79 Å². The van der Waals surface area contributed by atoms with Gasteiger partial charge in [0.25, 0.3) is 5.91 Å². The van der Waals surface area contributed by atoms with Crippen LogP contribution in [0.15, 0.2) is 5.38 Å². The van der Waals surface area contributed by atoms with Crippen LogP contribution >= 0.6 is 11.3 Å². The van der Waals surface area contributed by atoms with Gasteiger partial charge in [0.05, 0.1) is 0 Å². The zero-order valence-electron chi connectivity index (χ0n) is 11.0. The molecule has 2 atom stereocenters. The molecule has 0 radical (unpaired) electrons. The maximum Gasteiger partial charge on any atom is 0.273 e. The average molecular weight is 282 g/mol. The van der Waals surface area contributed by atoms with Gasteiger partial charge in [-0.15, -0.1) is 11.3 Å². The second kappa shape index (κ2) is 5.66. The highest BCUT2D eigenvalue weighted by atomic mass is 32.1. The van der Waals surface area contributed by atoms with Crippen LogP contribution < -0.4 is 11.1 Å². The Hall–Kier alpha value is -1.47.